The van der Waals surface area contributed by atoms with Gasteiger partial charge in [0, 0.05) is 12.1 Å². The second kappa shape index (κ2) is 6.40. The predicted octanol–water partition coefficient (Wildman–Crippen LogP) is -0.108. The zero-order chi connectivity index (χ0) is 14.5. The van der Waals surface area contributed by atoms with E-state index in [1.54, 1.807) is 0 Å². The molecule has 108 valence electrons. The molecule has 0 aliphatic carbocycles. The molecule has 0 spiro atoms. The van der Waals surface area contributed by atoms with Crippen LogP contribution in [0.4, 0.5) is 4.79 Å². The molecule has 0 saturated carbocycles. The maximum absolute atomic E-state index is 11.4. The van der Waals surface area contributed by atoms with Gasteiger partial charge in [0.25, 0.3) is 0 Å². The van der Waals surface area contributed by atoms with Crippen LogP contribution in [-0.2, 0) is 4.79 Å². The Morgan fingerprint density at radius 3 is 2.58 bits per heavy atom. The van der Waals surface area contributed by atoms with E-state index in [-0.39, 0.29) is 24.0 Å². The van der Waals surface area contributed by atoms with E-state index < -0.39 is 0 Å². The minimum atomic E-state index is -0.339. The highest BCUT2D eigenvalue weighted by Gasteiger charge is 2.27. The lowest BCUT2D eigenvalue weighted by atomic mass is 10.1. The van der Waals surface area contributed by atoms with E-state index in [1.807, 2.05) is 27.7 Å². The Bertz CT molecular complexity index is 357. The molecule has 1 saturated heterocycles. The lowest BCUT2D eigenvalue weighted by Crippen LogP contribution is -2.48. The number of aliphatic imine (C=N–C) groups is 1. The number of guanidine groups is 1. The summed E-state index contributed by atoms with van der Waals surface area (Å²) in [6, 6.07) is -0.339. The van der Waals surface area contributed by atoms with Gasteiger partial charge < -0.3 is 16.0 Å². The molecule has 0 unspecified atom stereocenters. The van der Waals surface area contributed by atoms with Gasteiger partial charge in [-0.1, -0.05) is 0 Å². The predicted molar refractivity (Wildman–Crippen MR) is 74.0 cm³/mol. The molecular weight excluding hydrogens is 246 g/mol. The number of carbonyl (C=O) groups is 2. The van der Waals surface area contributed by atoms with Crippen LogP contribution in [0.1, 0.15) is 27.7 Å². The first kappa shape index (κ1) is 15.3. The summed E-state index contributed by atoms with van der Waals surface area (Å²) in [5, 5.41) is 8.84. The van der Waals surface area contributed by atoms with Crippen molar-refractivity contribution in [2.75, 3.05) is 26.2 Å². The van der Waals surface area contributed by atoms with Gasteiger partial charge in [0.05, 0.1) is 19.6 Å². The Morgan fingerprint density at radius 1 is 1.42 bits per heavy atom. The molecule has 7 nitrogen and oxygen atoms in total. The third-order valence-electron chi connectivity index (χ3n) is 2.37. The van der Waals surface area contributed by atoms with Gasteiger partial charge >= 0.3 is 6.03 Å². The number of urea groups is 1. The lowest BCUT2D eigenvalue weighted by molar-refractivity contribution is -0.124. The van der Waals surface area contributed by atoms with E-state index in [0.717, 1.165) is 6.54 Å². The molecule has 3 N–H and O–H groups in total. The van der Waals surface area contributed by atoms with Crippen LogP contribution in [0.25, 0.3) is 0 Å². The summed E-state index contributed by atoms with van der Waals surface area (Å²) in [6.07, 6.45) is 0. The van der Waals surface area contributed by atoms with E-state index in [9.17, 15) is 9.59 Å². The van der Waals surface area contributed by atoms with Crippen LogP contribution < -0.4 is 16.0 Å². The van der Waals surface area contributed by atoms with Crippen LogP contribution >= 0.6 is 0 Å². The number of carbonyl (C=O) groups excluding carboxylic acids is 2. The summed E-state index contributed by atoms with van der Waals surface area (Å²) >= 11 is 0. The zero-order valence-corrected chi connectivity index (χ0v) is 12.0. The topological polar surface area (TPSA) is 85.8 Å². The van der Waals surface area contributed by atoms with Crippen LogP contribution in [0.5, 0.6) is 0 Å². The molecule has 0 aromatic heterocycles. The Morgan fingerprint density at radius 2 is 2.11 bits per heavy atom. The molecule has 7 heteroatoms. The molecule has 0 aromatic rings. The first-order valence-electron chi connectivity index (χ1n) is 6.48. The summed E-state index contributed by atoms with van der Waals surface area (Å²) in [5.74, 6) is 0.482. The average molecular weight is 269 g/mol. The fourth-order valence-electron chi connectivity index (χ4n) is 1.61. The Balaban J connectivity index is 2.51. The molecule has 1 rings (SSSR count). The number of imide groups is 1. The molecule has 19 heavy (non-hydrogen) atoms. The fraction of sp³-hybridized carbons (Fsp3) is 0.750. The van der Waals surface area contributed by atoms with Crippen molar-refractivity contribution in [3.05, 3.63) is 0 Å². The first-order chi connectivity index (χ1) is 8.83. The van der Waals surface area contributed by atoms with Gasteiger partial charge in [-0.25, -0.2) is 4.79 Å². The number of hydrogen-bond donors (Lipinski definition) is 3. The average Bonchev–Trinajstić information content (AvgIpc) is 2.58. The number of amides is 3. The standard InChI is InChI=1S/C12H23N5O2/c1-5-13-10(16-12(2,3)4)14-6-7-17-9(18)8-15-11(17)19/h5-8H2,1-4H3,(H,15,19)(H2,13,14,16). The quantitative estimate of drug-likeness (QED) is 0.378. The van der Waals surface area contributed by atoms with Crippen molar-refractivity contribution in [2.45, 2.75) is 33.2 Å². The molecule has 3 amide bonds. The second-order valence-electron chi connectivity index (χ2n) is 5.34. The Labute approximate surface area is 113 Å². The van der Waals surface area contributed by atoms with E-state index in [0.29, 0.717) is 19.0 Å². The van der Waals surface area contributed by atoms with Crippen molar-refractivity contribution in [3.8, 4) is 0 Å². The molecule has 1 fully saturated rings. The van der Waals surface area contributed by atoms with Gasteiger partial charge in [0.15, 0.2) is 5.96 Å². The third kappa shape index (κ3) is 5.15. The molecule has 1 heterocycles. The maximum Gasteiger partial charge on any atom is 0.324 e. The van der Waals surface area contributed by atoms with Gasteiger partial charge in [-0.05, 0) is 27.7 Å². The molecule has 0 bridgehead atoms. The molecule has 0 atom stereocenters. The van der Waals surface area contributed by atoms with Gasteiger partial charge in [-0.3, -0.25) is 14.7 Å². The largest absolute Gasteiger partial charge is 0.357 e. The lowest BCUT2D eigenvalue weighted by Gasteiger charge is -2.24. The van der Waals surface area contributed by atoms with Crippen LogP contribution in [0.15, 0.2) is 4.99 Å². The van der Waals surface area contributed by atoms with Gasteiger partial charge in [0.2, 0.25) is 5.91 Å². The number of rotatable bonds is 4. The molecule has 1 aliphatic heterocycles. The van der Waals surface area contributed by atoms with Gasteiger partial charge in [-0.2, -0.15) is 0 Å². The number of hydrogen-bond acceptors (Lipinski definition) is 3. The molecule has 0 aromatic carbocycles. The Hall–Kier alpha value is -1.79. The summed E-state index contributed by atoms with van der Waals surface area (Å²) in [6.45, 7) is 9.62. The van der Waals surface area contributed by atoms with Crippen molar-refractivity contribution in [1.82, 2.24) is 20.9 Å². The van der Waals surface area contributed by atoms with E-state index >= 15 is 0 Å². The smallest absolute Gasteiger partial charge is 0.324 e. The first-order valence-corrected chi connectivity index (χ1v) is 6.48. The third-order valence-corrected chi connectivity index (χ3v) is 2.37. The maximum atomic E-state index is 11.4. The van der Waals surface area contributed by atoms with E-state index in [2.05, 4.69) is 20.9 Å². The number of nitrogens with one attached hydrogen (secondary N) is 3. The molecular formula is C12H23N5O2. The molecule has 0 radical (unpaired) electrons. The zero-order valence-electron chi connectivity index (χ0n) is 12.0. The molecule has 1 aliphatic rings. The van der Waals surface area contributed by atoms with Crippen molar-refractivity contribution >= 4 is 17.9 Å². The van der Waals surface area contributed by atoms with E-state index in [1.165, 1.54) is 4.90 Å². The van der Waals surface area contributed by atoms with Crippen LogP contribution in [-0.4, -0.2) is 54.5 Å². The van der Waals surface area contributed by atoms with E-state index in [4.69, 9.17) is 0 Å². The monoisotopic (exact) mass is 269 g/mol. The number of nitrogens with zero attached hydrogens (tertiary/aromatic N) is 2. The summed E-state index contributed by atoms with van der Waals surface area (Å²) in [5.41, 5.74) is -0.0954. The summed E-state index contributed by atoms with van der Waals surface area (Å²) < 4.78 is 0. The highest BCUT2D eigenvalue weighted by Crippen LogP contribution is 2.00. The highest BCUT2D eigenvalue weighted by atomic mass is 16.2. The van der Waals surface area contributed by atoms with Gasteiger partial charge in [-0.15, -0.1) is 0 Å². The second-order valence-corrected chi connectivity index (χ2v) is 5.34. The highest BCUT2D eigenvalue weighted by molar-refractivity contribution is 6.01. The van der Waals surface area contributed by atoms with Gasteiger partial charge in [0.1, 0.15) is 0 Å². The van der Waals surface area contributed by atoms with Crippen LogP contribution in [0.2, 0.25) is 0 Å². The normalized spacial score (nSPS) is 16.6. The van der Waals surface area contributed by atoms with Crippen molar-refractivity contribution < 1.29 is 9.59 Å². The summed E-state index contributed by atoms with van der Waals surface area (Å²) in [4.78, 5) is 28.2. The Kier molecular flexibility index (Phi) is 5.14. The minimum absolute atomic E-state index is 0.0862. The van der Waals surface area contributed by atoms with Crippen LogP contribution in [0.3, 0.4) is 0 Å². The SMILES string of the molecule is CCNC(=NCCN1C(=O)CNC1=O)NC(C)(C)C. The minimum Gasteiger partial charge on any atom is -0.357 e. The van der Waals surface area contributed by atoms with Crippen molar-refractivity contribution in [2.24, 2.45) is 4.99 Å². The fourth-order valence-corrected chi connectivity index (χ4v) is 1.61. The summed E-state index contributed by atoms with van der Waals surface area (Å²) in [7, 11) is 0. The van der Waals surface area contributed by atoms with Crippen molar-refractivity contribution in [3.63, 3.8) is 0 Å². The van der Waals surface area contributed by atoms with Crippen LogP contribution in [0, 0.1) is 0 Å². The van der Waals surface area contributed by atoms with Crippen molar-refractivity contribution in [1.29, 1.82) is 0 Å².